The van der Waals surface area contributed by atoms with Crippen LogP contribution in [0, 0.1) is 5.92 Å². The van der Waals surface area contributed by atoms with Gasteiger partial charge in [-0.1, -0.05) is 6.92 Å². The van der Waals surface area contributed by atoms with E-state index >= 15 is 0 Å². The lowest BCUT2D eigenvalue weighted by molar-refractivity contribution is -0.123. The first kappa shape index (κ1) is 16.4. The molecule has 19 heavy (non-hydrogen) atoms. The summed E-state index contributed by atoms with van der Waals surface area (Å²) in [6.45, 7) is 13.9. The van der Waals surface area contributed by atoms with Crippen molar-refractivity contribution >= 4 is 5.91 Å². The van der Waals surface area contributed by atoms with Crippen LogP contribution < -0.4 is 10.6 Å². The Kier molecular flexibility index (Phi) is 6.80. The molecule has 1 amide bonds. The van der Waals surface area contributed by atoms with Gasteiger partial charge in [0.15, 0.2) is 0 Å². The molecule has 0 aromatic heterocycles. The molecule has 0 saturated carbocycles. The third kappa shape index (κ3) is 5.49. The third-order valence-corrected chi connectivity index (χ3v) is 4.12. The molecule has 1 rings (SSSR count). The number of likely N-dealkylation sites (tertiary alicyclic amines) is 1. The van der Waals surface area contributed by atoms with Crippen LogP contribution in [0.5, 0.6) is 0 Å². The molecule has 2 atom stereocenters. The van der Waals surface area contributed by atoms with Gasteiger partial charge in [-0.2, -0.15) is 0 Å². The van der Waals surface area contributed by atoms with Crippen molar-refractivity contribution in [1.82, 2.24) is 15.5 Å². The molecule has 0 spiro atoms. The monoisotopic (exact) mass is 269 g/mol. The highest BCUT2D eigenvalue weighted by atomic mass is 16.2. The third-order valence-electron chi connectivity index (χ3n) is 4.12. The molecule has 4 heteroatoms. The number of rotatable bonds is 6. The fraction of sp³-hybridized carbons (Fsp3) is 0.933. The van der Waals surface area contributed by atoms with Gasteiger partial charge in [-0.3, -0.25) is 4.79 Å². The number of carbonyl (C=O) groups excluding carboxylic acids is 1. The van der Waals surface area contributed by atoms with E-state index in [1.165, 1.54) is 25.9 Å². The minimum Gasteiger partial charge on any atom is -0.353 e. The Morgan fingerprint density at radius 1 is 1.21 bits per heavy atom. The van der Waals surface area contributed by atoms with E-state index in [0.29, 0.717) is 12.0 Å². The van der Waals surface area contributed by atoms with E-state index in [-0.39, 0.29) is 18.0 Å². The predicted molar refractivity (Wildman–Crippen MR) is 80.2 cm³/mol. The van der Waals surface area contributed by atoms with Crippen LogP contribution >= 0.6 is 0 Å². The Morgan fingerprint density at radius 2 is 1.79 bits per heavy atom. The van der Waals surface area contributed by atoms with Gasteiger partial charge < -0.3 is 15.5 Å². The van der Waals surface area contributed by atoms with Crippen LogP contribution in [0.4, 0.5) is 0 Å². The zero-order chi connectivity index (χ0) is 14.4. The van der Waals surface area contributed by atoms with Crippen LogP contribution in [-0.4, -0.2) is 48.6 Å². The number of nitrogens with one attached hydrogen (secondary N) is 2. The molecule has 1 saturated heterocycles. The molecule has 0 aliphatic carbocycles. The van der Waals surface area contributed by atoms with Crippen molar-refractivity contribution in [2.24, 2.45) is 5.92 Å². The summed E-state index contributed by atoms with van der Waals surface area (Å²) in [6.07, 6.45) is 2.47. The Hall–Kier alpha value is -0.610. The van der Waals surface area contributed by atoms with Gasteiger partial charge in [0.05, 0.1) is 6.04 Å². The van der Waals surface area contributed by atoms with Gasteiger partial charge in [-0.25, -0.2) is 0 Å². The first-order valence-electron chi connectivity index (χ1n) is 7.72. The zero-order valence-corrected chi connectivity index (χ0v) is 13.2. The fourth-order valence-electron chi connectivity index (χ4n) is 2.78. The number of piperidine rings is 1. The molecule has 2 unspecified atom stereocenters. The Balaban J connectivity index is 2.34. The first-order valence-corrected chi connectivity index (χ1v) is 7.72. The predicted octanol–water partition coefficient (Wildman–Crippen LogP) is 1.61. The highest BCUT2D eigenvalue weighted by molar-refractivity contribution is 5.81. The molecule has 4 nitrogen and oxygen atoms in total. The second-order valence-electron chi connectivity index (χ2n) is 6.11. The second-order valence-corrected chi connectivity index (χ2v) is 6.11. The van der Waals surface area contributed by atoms with Gasteiger partial charge >= 0.3 is 0 Å². The van der Waals surface area contributed by atoms with Gasteiger partial charge in [0.2, 0.25) is 5.91 Å². The van der Waals surface area contributed by atoms with E-state index in [4.69, 9.17) is 0 Å². The summed E-state index contributed by atoms with van der Waals surface area (Å²) in [5.41, 5.74) is 0. The number of hydrogen-bond acceptors (Lipinski definition) is 3. The summed E-state index contributed by atoms with van der Waals surface area (Å²) in [4.78, 5) is 14.4. The molecule has 1 aliphatic rings. The van der Waals surface area contributed by atoms with Crippen molar-refractivity contribution < 1.29 is 4.79 Å². The molecule has 0 bridgehead atoms. The van der Waals surface area contributed by atoms with Crippen molar-refractivity contribution in [1.29, 1.82) is 0 Å². The topological polar surface area (TPSA) is 44.4 Å². The SMILES string of the molecule is CCN1CCC(C(C)NC(C)C(=O)NC(C)C)CC1. The van der Waals surface area contributed by atoms with E-state index in [1.807, 2.05) is 20.8 Å². The minimum atomic E-state index is -0.110. The average Bonchev–Trinajstić information content (AvgIpc) is 2.37. The summed E-state index contributed by atoms with van der Waals surface area (Å²) in [5.74, 6) is 0.796. The molecule has 0 aromatic carbocycles. The molecule has 0 aromatic rings. The molecular formula is C15H31N3O. The number of carbonyl (C=O) groups is 1. The van der Waals surface area contributed by atoms with E-state index in [9.17, 15) is 4.79 Å². The van der Waals surface area contributed by atoms with Crippen molar-refractivity contribution in [3.05, 3.63) is 0 Å². The van der Waals surface area contributed by atoms with E-state index in [1.54, 1.807) is 0 Å². The maximum atomic E-state index is 11.9. The summed E-state index contributed by atoms with van der Waals surface area (Å²) >= 11 is 0. The molecule has 2 N–H and O–H groups in total. The van der Waals surface area contributed by atoms with Crippen LogP contribution in [-0.2, 0) is 4.79 Å². The van der Waals surface area contributed by atoms with Crippen LogP contribution in [0.1, 0.15) is 47.5 Å². The summed E-state index contributed by atoms with van der Waals surface area (Å²) in [7, 11) is 0. The first-order chi connectivity index (χ1) is 8.93. The van der Waals surface area contributed by atoms with Gasteiger partial charge in [0.25, 0.3) is 0 Å². The lowest BCUT2D eigenvalue weighted by Crippen LogP contribution is -2.50. The molecule has 0 radical (unpaired) electrons. The highest BCUT2D eigenvalue weighted by Gasteiger charge is 2.25. The number of amides is 1. The summed E-state index contributed by atoms with van der Waals surface area (Å²) in [6, 6.07) is 0.508. The number of hydrogen-bond donors (Lipinski definition) is 2. The molecule has 112 valence electrons. The molecule has 1 aliphatic heterocycles. The summed E-state index contributed by atoms with van der Waals surface area (Å²) < 4.78 is 0. The standard InChI is InChI=1S/C15H31N3O/c1-6-18-9-7-14(8-10-18)12(4)17-13(5)15(19)16-11(2)3/h11-14,17H,6-10H2,1-5H3,(H,16,19). The maximum Gasteiger partial charge on any atom is 0.237 e. The van der Waals surface area contributed by atoms with Crippen LogP contribution in [0.25, 0.3) is 0 Å². The smallest absolute Gasteiger partial charge is 0.237 e. The minimum absolute atomic E-state index is 0.104. The Morgan fingerprint density at radius 3 is 2.26 bits per heavy atom. The normalized spacial score (nSPS) is 21.4. The van der Waals surface area contributed by atoms with Gasteiger partial charge in [-0.05, 0) is 66.1 Å². The maximum absolute atomic E-state index is 11.9. The van der Waals surface area contributed by atoms with Gasteiger partial charge in [0.1, 0.15) is 0 Å². The van der Waals surface area contributed by atoms with Gasteiger partial charge in [-0.15, -0.1) is 0 Å². The molecule has 1 fully saturated rings. The quantitative estimate of drug-likeness (QED) is 0.770. The molecular weight excluding hydrogens is 238 g/mol. The fourth-order valence-corrected chi connectivity index (χ4v) is 2.78. The highest BCUT2D eigenvalue weighted by Crippen LogP contribution is 2.20. The van der Waals surface area contributed by atoms with Crippen LogP contribution in [0.3, 0.4) is 0 Å². The Labute approximate surface area is 118 Å². The van der Waals surface area contributed by atoms with Crippen molar-refractivity contribution in [2.45, 2.75) is 65.6 Å². The average molecular weight is 269 g/mol. The van der Waals surface area contributed by atoms with Gasteiger partial charge in [0, 0.05) is 12.1 Å². The lowest BCUT2D eigenvalue weighted by atomic mass is 9.90. The lowest BCUT2D eigenvalue weighted by Gasteiger charge is -2.35. The van der Waals surface area contributed by atoms with E-state index in [0.717, 1.165) is 6.54 Å². The van der Waals surface area contributed by atoms with Crippen molar-refractivity contribution in [2.75, 3.05) is 19.6 Å². The van der Waals surface area contributed by atoms with Crippen molar-refractivity contribution in [3.8, 4) is 0 Å². The van der Waals surface area contributed by atoms with E-state index in [2.05, 4.69) is 29.4 Å². The molecule has 1 heterocycles. The number of nitrogens with zero attached hydrogens (tertiary/aromatic N) is 1. The van der Waals surface area contributed by atoms with E-state index < -0.39 is 0 Å². The zero-order valence-electron chi connectivity index (χ0n) is 13.2. The van der Waals surface area contributed by atoms with Crippen LogP contribution in [0.15, 0.2) is 0 Å². The summed E-state index contributed by atoms with van der Waals surface area (Å²) in [5, 5.41) is 6.41. The van der Waals surface area contributed by atoms with Crippen molar-refractivity contribution in [3.63, 3.8) is 0 Å². The van der Waals surface area contributed by atoms with Crippen LogP contribution in [0.2, 0.25) is 0 Å². The second kappa shape index (κ2) is 7.85. The largest absolute Gasteiger partial charge is 0.353 e. The Bertz CT molecular complexity index is 273.